The first-order valence-corrected chi connectivity index (χ1v) is 7.41. The molecule has 1 aliphatic heterocycles. The summed E-state index contributed by atoms with van der Waals surface area (Å²) in [6.07, 6.45) is 1.83. The van der Waals surface area contributed by atoms with Crippen LogP contribution in [0.1, 0.15) is 9.67 Å². The SMILES string of the molecule is Cl.O=C(Nc1ccc(N2C=NCC2)cc1)c1sccc1Cl. The molecule has 1 amide bonds. The van der Waals surface area contributed by atoms with Crippen LogP contribution in [-0.2, 0) is 0 Å². The third kappa shape index (κ3) is 3.56. The Morgan fingerprint density at radius 3 is 2.62 bits per heavy atom. The lowest BCUT2D eigenvalue weighted by Gasteiger charge is -2.14. The molecule has 7 heteroatoms. The highest BCUT2D eigenvalue weighted by molar-refractivity contribution is 7.12. The summed E-state index contributed by atoms with van der Waals surface area (Å²) >= 11 is 7.27. The van der Waals surface area contributed by atoms with Crippen LogP contribution in [0.25, 0.3) is 0 Å². The molecular formula is C14H13Cl2N3OS. The Morgan fingerprint density at radius 2 is 2.05 bits per heavy atom. The van der Waals surface area contributed by atoms with Gasteiger partial charge < -0.3 is 10.2 Å². The third-order valence-electron chi connectivity index (χ3n) is 2.97. The van der Waals surface area contributed by atoms with Crippen LogP contribution in [-0.4, -0.2) is 25.3 Å². The van der Waals surface area contributed by atoms with Crippen LogP contribution in [0, 0.1) is 0 Å². The van der Waals surface area contributed by atoms with Crippen molar-refractivity contribution in [1.29, 1.82) is 0 Å². The Kier molecular flexibility index (Phi) is 5.22. The lowest BCUT2D eigenvalue weighted by atomic mass is 10.2. The number of rotatable bonds is 3. The maximum atomic E-state index is 12.0. The zero-order valence-electron chi connectivity index (χ0n) is 11.0. The molecular weight excluding hydrogens is 329 g/mol. The number of nitrogens with zero attached hydrogens (tertiary/aromatic N) is 2. The third-order valence-corrected chi connectivity index (χ3v) is 4.31. The molecule has 110 valence electrons. The van der Waals surface area contributed by atoms with Gasteiger partial charge in [0.15, 0.2) is 0 Å². The summed E-state index contributed by atoms with van der Waals surface area (Å²) in [6, 6.07) is 9.39. The number of anilines is 2. The molecule has 1 aromatic heterocycles. The number of hydrogen-bond acceptors (Lipinski definition) is 4. The van der Waals surface area contributed by atoms with Crippen molar-refractivity contribution in [3.05, 3.63) is 45.6 Å². The summed E-state index contributed by atoms with van der Waals surface area (Å²) in [6.45, 7) is 1.73. The maximum absolute atomic E-state index is 12.0. The van der Waals surface area contributed by atoms with E-state index in [1.165, 1.54) is 11.3 Å². The average Bonchev–Trinajstić information content (AvgIpc) is 3.10. The van der Waals surface area contributed by atoms with Gasteiger partial charge in [-0.2, -0.15) is 0 Å². The van der Waals surface area contributed by atoms with E-state index >= 15 is 0 Å². The predicted octanol–water partition coefficient (Wildman–Crippen LogP) is 3.92. The van der Waals surface area contributed by atoms with E-state index < -0.39 is 0 Å². The Balaban J connectivity index is 0.00000161. The van der Waals surface area contributed by atoms with Gasteiger partial charge in [-0.25, -0.2) is 0 Å². The fraction of sp³-hybridized carbons (Fsp3) is 0.143. The van der Waals surface area contributed by atoms with Crippen molar-refractivity contribution in [2.75, 3.05) is 23.3 Å². The first-order valence-electron chi connectivity index (χ1n) is 6.15. The van der Waals surface area contributed by atoms with Crippen LogP contribution in [0.5, 0.6) is 0 Å². The smallest absolute Gasteiger partial charge is 0.267 e. The second-order valence-electron chi connectivity index (χ2n) is 4.31. The van der Waals surface area contributed by atoms with Crippen molar-refractivity contribution < 1.29 is 4.79 Å². The number of hydrogen-bond donors (Lipinski definition) is 1. The van der Waals surface area contributed by atoms with Crippen LogP contribution in [0.4, 0.5) is 11.4 Å². The van der Waals surface area contributed by atoms with Crippen molar-refractivity contribution >= 4 is 59.0 Å². The zero-order valence-corrected chi connectivity index (χ0v) is 13.3. The predicted molar refractivity (Wildman–Crippen MR) is 91.7 cm³/mol. The van der Waals surface area contributed by atoms with Crippen molar-refractivity contribution in [2.24, 2.45) is 4.99 Å². The van der Waals surface area contributed by atoms with E-state index in [1.807, 2.05) is 30.6 Å². The van der Waals surface area contributed by atoms with E-state index in [2.05, 4.69) is 15.2 Å². The van der Waals surface area contributed by atoms with Gasteiger partial charge in [0.2, 0.25) is 0 Å². The molecule has 0 atom stereocenters. The molecule has 0 radical (unpaired) electrons. The standard InChI is InChI=1S/C14H12ClN3OS.ClH/c15-12-5-8-20-13(12)14(19)17-10-1-3-11(4-2-10)18-7-6-16-9-18;/h1-5,8-9H,6-7H2,(H,17,19);1H. The van der Waals surface area contributed by atoms with E-state index in [4.69, 9.17) is 11.6 Å². The summed E-state index contributed by atoms with van der Waals surface area (Å²) in [5.41, 5.74) is 1.82. The molecule has 3 rings (SSSR count). The maximum Gasteiger partial charge on any atom is 0.267 e. The second kappa shape index (κ2) is 6.93. The van der Waals surface area contributed by atoms with E-state index in [9.17, 15) is 4.79 Å². The summed E-state index contributed by atoms with van der Waals surface area (Å²) in [5, 5.41) is 5.12. The van der Waals surface area contributed by atoms with Crippen molar-refractivity contribution in [2.45, 2.75) is 0 Å². The number of carbonyl (C=O) groups excluding carboxylic acids is 1. The highest BCUT2D eigenvalue weighted by Crippen LogP contribution is 2.24. The average molecular weight is 342 g/mol. The van der Waals surface area contributed by atoms with Gasteiger partial charge in [0, 0.05) is 17.9 Å². The number of halogens is 2. The summed E-state index contributed by atoms with van der Waals surface area (Å²) in [4.78, 5) is 18.8. The van der Waals surface area contributed by atoms with E-state index in [0.717, 1.165) is 24.5 Å². The minimum Gasteiger partial charge on any atom is -0.331 e. The summed E-state index contributed by atoms with van der Waals surface area (Å²) < 4.78 is 0. The molecule has 1 N–H and O–H groups in total. The van der Waals surface area contributed by atoms with Crippen LogP contribution in [0.15, 0.2) is 40.7 Å². The molecule has 1 aliphatic rings. The van der Waals surface area contributed by atoms with Crippen LogP contribution >= 0.6 is 35.3 Å². The van der Waals surface area contributed by atoms with E-state index in [-0.39, 0.29) is 18.3 Å². The van der Waals surface area contributed by atoms with Gasteiger partial charge in [0.1, 0.15) is 4.88 Å². The number of thiophene rings is 1. The summed E-state index contributed by atoms with van der Waals surface area (Å²) in [5.74, 6) is -0.180. The molecule has 0 saturated carbocycles. The molecule has 2 heterocycles. The van der Waals surface area contributed by atoms with Crippen molar-refractivity contribution in [3.8, 4) is 0 Å². The lowest BCUT2D eigenvalue weighted by Crippen LogP contribution is -2.18. The molecule has 21 heavy (non-hydrogen) atoms. The van der Waals surface area contributed by atoms with Gasteiger partial charge >= 0.3 is 0 Å². The van der Waals surface area contributed by atoms with Crippen LogP contribution < -0.4 is 10.2 Å². The first-order chi connectivity index (χ1) is 9.74. The number of aliphatic imine (C=N–C) groups is 1. The molecule has 2 aromatic rings. The number of nitrogens with one attached hydrogen (secondary N) is 1. The quantitative estimate of drug-likeness (QED) is 0.919. The molecule has 1 aromatic carbocycles. The number of benzene rings is 1. The van der Waals surface area contributed by atoms with Gasteiger partial charge in [-0.3, -0.25) is 9.79 Å². The summed E-state index contributed by atoms with van der Waals surface area (Å²) in [7, 11) is 0. The molecule has 0 fully saturated rings. The molecule has 4 nitrogen and oxygen atoms in total. The first kappa shape index (κ1) is 15.8. The second-order valence-corrected chi connectivity index (χ2v) is 5.64. The van der Waals surface area contributed by atoms with Gasteiger partial charge in [-0.15, -0.1) is 23.7 Å². The fourth-order valence-corrected chi connectivity index (χ4v) is 2.99. The number of amides is 1. The normalized spacial score (nSPS) is 13.1. The molecule has 0 aliphatic carbocycles. The Bertz CT molecular complexity index is 654. The van der Waals surface area contributed by atoms with Crippen molar-refractivity contribution in [3.63, 3.8) is 0 Å². The minimum atomic E-state index is -0.180. The van der Waals surface area contributed by atoms with Gasteiger partial charge in [0.05, 0.1) is 17.9 Å². The highest BCUT2D eigenvalue weighted by atomic mass is 35.5. The Labute approximate surface area is 137 Å². The van der Waals surface area contributed by atoms with E-state index in [1.54, 1.807) is 11.4 Å². The van der Waals surface area contributed by atoms with E-state index in [0.29, 0.717) is 9.90 Å². The van der Waals surface area contributed by atoms with Gasteiger partial charge in [-0.05, 0) is 35.7 Å². The molecule has 0 bridgehead atoms. The fourth-order valence-electron chi connectivity index (χ4n) is 1.96. The lowest BCUT2D eigenvalue weighted by molar-refractivity contribution is 0.103. The topological polar surface area (TPSA) is 44.7 Å². The van der Waals surface area contributed by atoms with Crippen molar-refractivity contribution in [1.82, 2.24) is 0 Å². The molecule has 0 unspecified atom stereocenters. The Morgan fingerprint density at radius 1 is 1.29 bits per heavy atom. The zero-order chi connectivity index (χ0) is 13.9. The monoisotopic (exact) mass is 341 g/mol. The largest absolute Gasteiger partial charge is 0.331 e. The number of carbonyl (C=O) groups is 1. The van der Waals surface area contributed by atoms with Crippen LogP contribution in [0.3, 0.4) is 0 Å². The Hall–Kier alpha value is -1.56. The molecule has 0 saturated heterocycles. The molecule has 0 spiro atoms. The highest BCUT2D eigenvalue weighted by Gasteiger charge is 2.12. The van der Waals surface area contributed by atoms with Gasteiger partial charge in [0.25, 0.3) is 5.91 Å². The minimum absolute atomic E-state index is 0. The van der Waals surface area contributed by atoms with Crippen LogP contribution in [0.2, 0.25) is 5.02 Å². The van der Waals surface area contributed by atoms with Gasteiger partial charge in [-0.1, -0.05) is 11.6 Å².